The Balaban J connectivity index is 2.46. The minimum absolute atomic E-state index is 0.0922. The molecule has 1 saturated carbocycles. The maximum atomic E-state index is 9.56. The monoisotopic (exact) mass is 154 g/mol. The van der Waals surface area contributed by atoms with Gasteiger partial charge >= 0.3 is 0 Å². The highest BCUT2D eigenvalue weighted by atomic mass is 16.3. The molecule has 0 aliphatic heterocycles. The first-order valence-electron chi connectivity index (χ1n) is 4.44. The molecule has 0 aromatic heterocycles. The van der Waals surface area contributed by atoms with Crippen LogP contribution in [0.25, 0.3) is 0 Å². The summed E-state index contributed by atoms with van der Waals surface area (Å²) in [6.07, 6.45) is 3.20. The predicted octanol–water partition coefficient (Wildman–Crippen LogP) is 2.36. The highest BCUT2D eigenvalue weighted by Gasteiger charge is 2.25. The summed E-state index contributed by atoms with van der Waals surface area (Å²) in [7, 11) is 0. The third-order valence-electron chi connectivity index (χ3n) is 2.85. The van der Waals surface area contributed by atoms with Crippen molar-refractivity contribution in [1.29, 1.82) is 0 Å². The summed E-state index contributed by atoms with van der Waals surface area (Å²) in [5.74, 6) is 1.06. The van der Waals surface area contributed by atoms with Gasteiger partial charge in [0.25, 0.3) is 0 Å². The molecule has 0 spiro atoms. The van der Waals surface area contributed by atoms with Crippen LogP contribution in [0.15, 0.2) is 12.2 Å². The van der Waals surface area contributed by atoms with E-state index in [0.717, 1.165) is 12.8 Å². The van der Waals surface area contributed by atoms with Crippen LogP contribution >= 0.6 is 0 Å². The summed E-state index contributed by atoms with van der Waals surface area (Å²) in [5, 5.41) is 9.56. The summed E-state index contributed by atoms with van der Waals surface area (Å²) in [6.45, 7) is 8.11. The maximum absolute atomic E-state index is 9.56. The molecule has 0 radical (unpaired) electrons. The van der Waals surface area contributed by atoms with E-state index in [1.54, 1.807) is 0 Å². The molecule has 3 atom stereocenters. The molecule has 1 fully saturated rings. The van der Waals surface area contributed by atoms with Crippen molar-refractivity contribution in [3.8, 4) is 0 Å². The van der Waals surface area contributed by atoms with E-state index in [-0.39, 0.29) is 6.10 Å². The van der Waals surface area contributed by atoms with Crippen molar-refractivity contribution in [3.63, 3.8) is 0 Å². The van der Waals surface area contributed by atoms with Crippen molar-refractivity contribution >= 4 is 0 Å². The van der Waals surface area contributed by atoms with E-state index < -0.39 is 0 Å². The summed E-state index contributed by atoms with van der Waals surface area (Å²) >= 11 is 0. The zero-order chi connectivity index (χ0) is 8.43. The van der Waals surface area contributed by atoms with Gasteiger partial charge < -0.3 is 5.11 Å². The minimum Gasteiger partial charge on any atom is -0.393 e. The first-order valence-corrected chi connectivity index (χ1v) is 4.44. The van der Waals surface area contributed by atoms with Crippen LogP contribution in [0.2, 0.25) is 0 Å². The predicted molar refractivity (Wildman–Crippen MR) is 47.3 cm³/mol. The van der Waals surface area contributed by atoms with Crippen molar-refractivity contribution in [2.24, 2.45) is 11.8 Å². The summed E-state index contributed by atoms with van der Waals surface area (Å²) < 4.78 is 0. The highest BCUT2D eigenvalue weighted by Crippen LogP contribution is 2.32. The molecule has 0 amide bonds. The summed E-state index contributed by atoms with van der Waals surface area (Å²) in [4.78, 5) is 0. The quantitative estimate of drug-likeness (QED) is 0.575. The summed E-state index contributed by atoms with van der Waals surface area (Å²) in [6, 6.07) is 0. The lowest BCUT2D eigenvalue weighted by Gasteiger charge is -2.31. The van der Waals surface area contributed by atoms with Crippen LogP contribution in [0.3, 0.4) is 0 Å². The second-order valence-electron chi connectivity index (χ2n) is 3.90. The molecule has 1 heteroatoms. The van der Waals surface area contributed by atoms with Crippen LogP contribution in [0.1, 0.15) is 33.1 Å². The largest absolute Gasteiger partial charge is 0.393 e. The molecule has 1 rings (SSSR count). The Morgan fingerprint density at radius 3 is 2.55 bits per heavy atom. The van der Waals surface area contributed by atoms with Crippen LogP contribution in [-0.2, 0) is 0 Å². The minimum atomic E-state index is -0.0922. The van der Waals surface area contributed by atoms with E-state index in [2.05, 4.69) is 20.4 Å². The molecule has 1 aliphatic carbocycles. The van der Waals surface area contributed by atoms with Crippen molar-refractivity contribution < 1.29 is 5.11 Å². The van der Waals surface area contributed by atoms with Crippen LogP contribution in [0, 0.1) is 11.8 Å². The molecule has 0 bridgehead atoms. The first-order chi connectivity index (χ1) is 5.11. The average molecular weight is 154 g/mol. The number of aliphatic hydroxyl groups excluding tert-OH is 1. The number of hydrogen-bond acceptors (Lipinski definition) is 1. The number of aliphatic hydroxyl groups is 1. The number of allylic oxidation sites excluding steroid dienone is 1. The standard InChI is InChI=1S/C10H18O/c1-7(2)9-5-4-8(3)10(11)6-9/h8-11H,1,4-6H2,2-3H3/t8-,9+,10+/m0/s1. The second-order valence-corrected chi connectivity index (χ2v) is 3.90. The molecule has 0 aromatic carbocycles. The smallest absolute Gasteiger partial charge is 0.0571 e. The number of hydrogen-bond donors (Lipinski definition) is 1. The molecule has 1 nitrogen and oxygen atoms in total. The molecule has 1 N–H and O–H groups in total. The second kappa shape index (κ2) is 3.40. The Morgan fingerprint density at radius 2 is 2.09 bits per heavy atom. The van der Waals surface area contributed by atoms with Gasteiger partial charge in [0.05, 0.1) is 6.10 Å². The van der Waals surface area contributed by atoms with Crippen LogP contribution in [0.5, 0.6) is 0 Å². The lowest BCUT2D eigenvalue weighted by molar-refractivity contribution is 0.0614. The van der Waals surface area contributed by atoms with Gasteiger partial charge in [-0.2, -0.15) is 0 Å². The van der Waals surface area contributed by atoms with Crippen LogP contribution in [0.4, 0.5) is 0 Å². The van der Waals surface area contributed by atoms with Gasteiger partial charge in [0.2, 0.25) is 0 Å². The average Bonchev–Trinajstić information content (AvgIpc) is 1.94. The van der Waals surface area contributed by atoms with Gasteiger partial charge in [-0.15, -0.1) is 0 Å². The normalized spacial score (nSPS) is 38.6. The van der Waals surface area contributed by atoms with Gasteiger partial charge in [-0.3, -0.25) is 0 Å². The van der Waals surface area contributed by atoms with E-state index in [0.29, 0.717) is 11.8 Å². The van der Waals surface area contributed by atoms with Gasteiger partial charge in [-0.05, 0) is 38.0 Å². The van der Waals surface area contributed by atoms with Crippen molar-refractivity contribution in [2.75, 3.05) is 0 Å². The van der Waals surface area contributed by atoms with Gasteiger partial charge in [-0.25, -0.2) is 0 Å². The lowest BCUT2D eigenvalue weighted by atomic mass is 9.78. The van der Waals surface area contributed by atoms with Crippen molar-refractivity contribution in [3.05, 3.63) is 12.2 Å². The zero-order valence-corrected chi connectivity index (χ0v) is 7.51. The molecule has 64 valence electrons. The Kier molecular flexibility index (Phi) is 2.72. The van der Waals surface area contributed by atoms with Gasteiger partial charge in [0.15, 0.2) is 0 Å². The molecule has 0 aromatic rings. The van der Waals surface area contributed by atoms with Gasteiger partial charge in [0, 0.05) is 0 Å². The number of rotatable bonds is 1. The Morgan fingerprint density at radius 1 is 1.45 bits per heavy atom. The summed E-state index contributed by atoms with van der Waals surface area (Å²) in [5.41, 5.74) is 1.23. The molecule has 11 heavy (non-hydrogen) atoms. The van der Waals surface area contributed by atoms with Crippen LogP contribution in [-0.4, -0.2) is 11.2 Å². The topological polar surface area (TPSA) is 20.2 Å². The molecular formula is C10H18O. The van der Waals surface area contributed by atoms with Crippen molar-refractivity contribution in [2.45, 2.75) is 39.2 Å². The Labute approximate surface area is 69.1 Å². The van der Waals surface area contributed by atoms with E-state index in [4.69, 9.17) is 0 Å². The Hall–Kier alpha value is -0.300. The SMILES string of the molecule is C=C(C)[C@@H]1CC[C@H](C)[C@H](O)C1. The lowest BCUT2D eigenvalue weighted by Crippen LogP contribution is -2.27. The van der Waals surface area contributed by atoms with E-state index in [1.165, 1.54) is 12.0 Å². The van der Waals surface area contributed by atoms with Gasteiger partial charge in [-0.1, -0.05) is 19.1 Å². The van der Waals surface area contributed by atoms with E-state index in [1.807, 2.05) is 0 Å². The van der Waals surface area contributed by atoms with E-state index >= 15 is 0 Å². The zero-order valence-electron chi connectivity index (χ0n) is 7.51. The fourth-order valence-electron chi connectivity index (χ4n) is 1.75. The molecule has 0 saturated heterocycles. The highest BCUT2D eigenvalue weighted by molar-refractivity contribution is 4.99. The van der Waals surface area contributed by atoms with E-state index in [9.17, 15) is 5.11 Å². The Bertz CT molecular complexity index is 151. The molecule has 1 aliphatic rings. The fraction of sp³-hybridized carbons (Fsp3) is 0.800. The maximum Gasteiger partial charge on any atom is 0.0571 e. The third kappa shape index (κ3) is 2.06. The molecule has 0 heterocycles. The van der Waals surface area contributed by atoms with Gasteiger partial charge in [0.1, 0.15) is 0 Å². The first kappa shape index (κ1) is 8.79. The van der Waals surface area contributed by atoms with Crippen LogP contribution < -0.4 is 0 Å². The van der Waals surface area contributed by atoms with Crippen molar-refractivity contribution in [1.82, 2.24) is 0 Å². The molecular weight excluding hydrogens is 136 g/mol. The fourth-order valence-corrected chi connectivity index (χ4v) is 1.75. The molecule has 0 unspecified atom stereocenters. The third-order valence-corrected chi connectivity index (χ3v) is 2.85.